The van der Waals surface area contributed by atoms with Gasteiger partial charge in [-0.2, -0.15) is 0 Å². The maximum atomic E-state index is 9.95. The molecule has 0 spiro atoms. The Balaban J connectivity index is 3.32. The van der Waals surface area contributed by atoms with Crippen LogP contribution in [0.5, 0.6) is 0 Å². The number of nitrogens with zero attached hydrogens (tertiary/aromatic N) is 1. The number of hydrogen-bond acceptors (Lipinski definition) is 2. The molecule has 0 aliphatic carbocycles. The van der Waals surface area contributed by atoms with Crippen molar-refractivity contribution in [2.75, 3.05) is 13.6 Å². The average molecular weight is 118 g/mol. The first-order valence-corrected chi connectivity index (χ1v) is 2.38. The fourth-order valence-electron chi connectivity index (χ4n) is 0.305. The summed E-state index contributed by atoms with van der Waals surface area (Å²) in [5.41, 5.74) is 2.58. The molecule has 0 radical (unpaired) electrons. The van der Waals surface area contributed by atoms with Crippen molar-refractivity contribution in [3.8, 4) is 0 Å². The molecular formula is C4H10N2O2. The van der Waals surface area contributed by atoms with Gasteiger partial charge in [-0.05, 0) is 0 Å². The third kappa shape index (κ3) is 2.41. The monoisotopic (exact) mass is 118 g/mol. The van der Waals surface area contributed by atoms with E-state index in [1.165, 1.54) is 7.05 Å². The molecule has 0 aliphatic heterocycles. The summed E-state index contributed by atoms with van der Waals surface area (Å²) < 4.78 is 0. The Kier molecular flexibility index (Phi) is 2.95. The van der Waals surface area contributed by atoms with E-state index in [4.69, 9.17) is 5.11 Å². The molecule has 0 saturated carbocycles. The fraction of sp³-hybridized carbons (Fsp3) is 0.750. The second kappa shape index (κ2) is 3.26. The van der Waals surface area contributed by atoms with Crippen LogP contribution < -0.4 is 5.43 Å². The lowest BCUT2D eigenvalue weighted by atomic mass is 10.8. The second-order valence-corrected chi connectivity index (χ2v) is 1.35. The molecule has 0 fully saturated rings. The first kappa shape index (κ1) is 7.23. The minimum absolute atomic E-state index is 0.628. The molecule has 0 aromatic rings. The molecule has 0 heterocycles. The smallest absolute Gasteiger partial charge is 0.421 e. The number of rotatable bonds is 2. The van der Waals surface area contributed by atoms with Gasteiger partial charge in [0.1, 0.15) is 0 Å². The van der Waals surface area contributed by atoms with Gasteiger partial charge in [0.05, 0.1) is 0 Å². The molecular weight excluding hydrogens is 108 g/mol. The highest BCUT2D eigenvalue weighted by Gasteiger charge is 1.99. The van der Waals surface area contributed by atoms with E-state index < -0.39 is 6.09 Å². The number of hydrogen-bond donors (Lipinski definition) is 2. The van der Waals surface area contributed by atoms with Gasteiger partial charge in [-0.1, -0.05) is 6.92 Å². The number of carboxylic acid groups (broad SMARTS) is 1. The molecule has 1 amide bonds. The number of carbonyl (C=O) groups is 1. The molecule has 2 N–H and O–H groups in total. The van der Waals surface area contributed by atoms with Gasteiger partial charge in [0.15, 0.2) is 0 Å². The Labute approximate surface area is 48.1 Å². The quantitative estimate of drug-likeness (QED) is 0.506. The molecule has 0 aliphatic rings. The van der Waals surface area contributed by atoms with Crippen molar-refractivity contribution in [3.63, 3.8) is 0 Å². The van der Waals surface area contributed by atoms with Crippen molar-refractivity contribution in [1.82, 2.24) is 10.4 Å². The van der Waals surface area contributed by atoms with Crippen molar-refractivity contribution in [1.29, 1.82) is 0 Å². The van der Waals surface area contributed by atoms with Gasteiger partial charge in [0.25, 0.3) is 0 Å². The predicted octanol–water partition coefficient (Wildman–Crippen LogP) is 0.121. The Bertz CT molecular complexity index is 84.1. The van der Waals surface area contributed by atoms with E-state index in [1.54, 1.807) is 0 Å². The van der Waals surface area contributed by atoms with Crippen LogP contribution in [0.25, 0.3) is 0 Å². The van der Waals surface area contributed by atoms with Crippen LogP contribution in [0.15, 0.2) is 0 Å². The summed E-state index contributed by atoms with van der Waals surface area (Å²) in [5.74, 6) is 0. The van der Waals surface area contributed by atoms with Crippen LogP contribution in [0.3, 0.4) is 0 Å². The molecule has 4 heteroatoms. The summed E-state index contributed by atoms with van der Waals surface area (Å²) in [7, 11) is 1.45. The van der Waals surface area contributed by atoms with Crippen molar-refractivity contribution < 1.29 is 9.90 Å². The van der Waals surface area contributed by atoms with Gasteiger partial charge in [0, 0.05) is 13.6 Å². The summed E-state index contributed by atoms with van der Waals surface area (Å²) in [6.07, 6.45) is -0.966. The maximum absolute atomic E-state index is 9.95. The third-order valence-electron chi connectivity index (χ3n) is 0.682. The lowest BCUT2D eigenvalue weighted by molar-refractivity contribution is 0.136. The summed E-state index contributed by atoms with van der Waals surface area (Å²) in [6.45, 7) is 2.46. The van der Waals surface area contributed by atoms with Crippen LogP contribution in [0.4, 0.5) is 4.79 Å². The highest BCUT2D eigenvalue weighted by Crippen LogP contribution is 1.72. The molecule has 0 unspecified atom stereocenters. The van der Waals surface area contributed by atoms with Gasteiger partial charge in [-0.25, -0.2) is 15.2 Å². The van der Waals surface area contributed by atoms with Crippen molar-refractivity contribution >= 4 is 6.09 Å². The molecule has 0 saturated heterocycles. The SMILES string of the molecule is CCNN(C)C(=O)O. The minimum Gasteiger partial charge on any atom is -0.464 e. The number of hydrazine groups is 1. The molecule has 48 valence electrons. The van der Waals surface area contributed by atoms with Crippen LogP contribution >= 0.6 is 0 Å². The van der Waals surface area contributed by atoms with E-state index in [1.807, 2.05) is 6.92 Å². The van der Waals surface area contributed by atoms with Crippen molar-refractivity contribution in [2.24, 2.45) is 0 Å². The molecule has 0 rings (SSSR count). The molecule has 8 heavy (non-hydrogen) atoms. The lowest BCUT2D eigenvalue weighted by Gasteiger charge is -2.11. The lowest BCUT2D eigenvalue weighted by Crippen LogP contribution is -2.38. The fourth-order valence-corrected chi connectivity index (χ4v) is 0.305. The van der Waals surface area contributed by atoms with Crippen LogP contribution in [-0.4, -0.2) is 29.8 Å². The summed E-state index contributed by atoms with van der Waals surface area (Å²) >= 11 is 0. The molecule has 0 aromatic heterocycles. The standard InChI is InChI=1S/C4H10N2O2/c1-3-5-6(2)4(7)8/h5H,3H2,1-2H3,(H,7,8). The van der Waals surface area contributed by atoms with Gasteiger partial charge in [-0.15, -0.1) is 0 Å². The van der Waals surface area contributed by atoms with Gasteiger partial charge < -0.3 is 5.11 Å². The van der Waals surface area contributed by atoms with Crippen molar-refractivity contribution in [3.05, 3.63) is 0 Å². The van der Waals surface area contributed by atoms with E-state index in [-0.39, 0.29) is 0 Å². The van der Waals surface area contributed by atoms with Gasteiger partial charge >= 0.3 is 6.09 Å². The van der Waals surface area contributed by atoms with E-state index in [2.05, 4.69) is 5.43 Å². The Morgan fingerprint density at radius 3 is 2.50 bits per heavy atom. The maximum Gasteiger partial charge on any atom is 0.421 e. The largest absolute Gasteiger partial charge is 0.464 e. The van der Waals surface area contributed by atoms with Gasteiger partial charge in [-0.3, -0.25) is 0 Å². The number of nitrogens with one attached hydrogen (secondary N) is 1. The third-order valence-corrected chi connectivity index (χ3v) is 0.682. The zero-order chi connectivity index (χ0) is 6.57. The predicted molar refractivity (Wildman–Crippen MR) is 29.5 cm³/mol. The van der Waals surface area contributed by atoms with Gasteiger partial charge in [0.2, 0.25) is 0 Å². The van der Waals surface area contributed by atoms with Crippen LogP contribution in [0.2, 0.25) is 0 Å². The van der Waals surface area contributed by atoms with E-state index >= 15 is 0 Å². The Morgan fingerprint density at radius 2 is 2.38 bits per heavy atom. The molecule has 4 nitrogen and oxygen atoms in total. The summed E-state index contributed by atoms with van der Waals surface area (Å²) in [4.78, 5) is 9.95. The van der Waals surface area contributed by atoms with E-state index in [9.17, 15) is 4.79 Å². The number of amides is 1. The van der Waals surface area contributed by atoms with Crippen LogP contribution in [-0.2, 0) is 0 Å². The first-order chi connectivity index (χ1) is 3.68. The van der Waals surface area contributed by atoms with Crippen LogP contribution in [0.1, 0.15) is 6.92 Å². The first-order valence-electron chi connectivity index (χ1n) is 2.38. The second-order valence-electron chi connectivity index (χ2n) is 1.35. The normalized spacial score (nSPS) is 8.75. The zero-order valence-corrected chi connectivity index (χ0v) is 5.01. The summed E-state index contributed by atoms with van der Waals surface area (Å²) in [6, 6.07) is 0. The minimum atomic E-state index is -0.966. The van der Waals surface area contributed by atoms with Crippen LogP contribution in [0, 0.1) is 0 Å². The highest BCUT2D eigenvalue weighted by molar-refractivity contribution is 5.63. The molecule has 0 atom stereocenters. The Hall–Kier alpha value is -0.770. The topological polar surface area (TPSA) is 52.6 Å². The summed E-state index contributed by atoms with van der Waals surface area (Å²) in [5, 5.41) is 9.19. The highest BCUT2D eigenvalue weighted by atomic mass is 16.4. The Morgan fingerprint density at radius 1 is 1.88 bits per heavy atom. The molecule has 0 bridgehead atoms. The van der Waals surface area contributed by atoms with Crippen molar-refractivity contribution in [2.45, 2.75) is 6.92 Å². The van der Waals surface area contributed by atoms with E-state index in [0.29, 0.717) is 6.54 Å². The van der Waals surface area contributed by atoms with E-state index in [0.717, 1.165) is 5.01 Å². The zero-order valence-electron chi connectivity index (χ0n) is 5.01. The molecule has 0 aromatic carbocycles. The average Bonchev–Trinajstić information content (AvgIpc) is 1.67.